The first-order valence-corrected chi connectivity index (χ1v) is 12.3. The summed E-state index contributed by atoms with van der Waals surface area (Å²) in [5.74, 6) is 0. The quantitative estimate of drug-likeness (QED) is 0.572. The molecule has 0 fully saturated rings. The average Bonchev–Trinajstić information content (AvgIpc) is 3.03. The molecule has 5 nitrogen and oxygen atoms in total. The van der Waals surface area contributed by atoms with Crippen LogP contribution in [0.5, 0.6) is 0 Å². The predicted molar refractivity (Wildman–Crippen MR) is 117 cm³/mol. The third kappa shape index (κ3) is 4.52. The van der Waals surface area contributed by atoms with Crippen LogP contribution in [-0.4, -0.2) is 30.1 Å². The Morgan fingerprint density at radius 3 is 2.04 bits per heavy atom. The minimum Gasteiger partial charge on any atom is -0.379 e. The van der Waals surface area contributed by atoms with Gasteiger partial charge in [-0.1, -0.05) is 41.9 Å². The Morgan fingerprint density at radius 2 is 1.50 bits per heavy atom. The Hall–Kier alpha value is -1.58. The lowest BCUT2D eigenvalue weighted by Crippen LogP contribution is -2.04. The third-order valence-corrected chi connectivity index (χ3v) is 8.74. The van der Waals surface area contributed by atoms with Crippen molar-refractivity contribution in [1.29, 1.82) is 0 Å². The molecule has 0 radical (unpaired) electrons. The van der Waals surface area contributed by atoms with E-state index in [1.807, 2.05) is 6.07 Å². The van der Waals surface area contributed by atoms with Gasteiger partial charge in [-0.25, -0.2) is 16.8 Å². The molecule has 1 N–H and O–H groups in total. The summed E-state index contributed by atoms with van der Waals surface area (Å²) in [4.78, 5) is -0.149. The maximum Gasteiger partial charge on any atom is 0.216 e. The van der Waals surface area contributed by atoms with E-state index in [9.17, 15) is 16.8 Å². The van der Waals surface area contributed by atoms with Crippen molar-refractivity contribution in [2.75, 3.05) is 18.6 Å². The predicted octanol–water partition coefficient (Wildman–Crippen LogP) is 4.77. The van der Waals surface area contributed by atoms with E-state index >= 15 is 0 Å². The molecule has 3 aromatic rings. The highest BCUT2D eigenvalue weighted by molar-refractivity contribution is 7.93. The van der Waals surface area contributed by atoms with Gasteiger partial charge >= 0.3 is 0 Å². The van der Waals surface area contributed by atoms with Crippen molar-refractivity contribution in [3.05, 3.63) is 59.6 Å². The first-order valence-electron chi connectivity index (χ1n) is 7.75. The Morgan fingerprint density at radius 1 is 0.893 bits per heavy atom. The highest BCUT2D eigenvalue weighted by Gasteiger charge is 2.25. The molecule has 10 heteroatoms. The zero-order valence-corrected chi connectivity index (χ0v) is 18.9. The van der Waals surface area contributed by atoms with Gasteiger partial charge in [0, 0.05) is 13.3 Å². The summed E-state index contributed by atoms with van der Waals surface area (Å²) >= 11 is 7.05. The van der Waals surface area contributed by atoms with Crippen molar-refractivity contribution >= 4 is 60.0 Å². The molecule has 0 spiro atoms. The fourth-order valence-corrected chi connectivity index (χ4v) is 6.39. The topological polar surface area (TPSA) is 80.3 Å². The Balaban J connectivity index is 0.00000280. The Kier molecular flexibility index (Phi) is 6.83. The zero-order chi connectivity index (χ0) is 19.8. The van der Waals surface area contributed by atoms with E-state index in [0.29, 0.717) is 15.6 Å². The zero-order valence-electron chi connectivity index (χ0n) is 14.8. The van der Waals surface area contributed by atoms with Crippen molar-refractivity contribution in [2.24, 2.45) is 0 Å². The lowest BCUT2D eigenvalue weighted by molar-refractivity contribution is 0.597. The van der Waals surface area contributed by atoms with Gasteiger partial charge in [-0.15, -0.1) is 23.7 Å². The monoisotopic (exact) mass is 477 g/mol. The van der Waals surface area contributed by atoms with Crippen molar-refractivity contribution in [3.63, 3.8) is 0 Å². The average molecular weight is 478 g/mol. The molecule has 28 heavy (non-hydrogen) atoms. The van der Waals surface area contributed by atoms with E-state index in [1.165, 1.54) is 24.3 Å². The van der Waals surface area contributed by atoms with E-state index in [4.69, 9.17) is 11.6 Å². The number of benzene rings is 2. The first kappa shape index (κ1) is 22.7. The highest BCUT2D eigenvalue weighted by Crippen LogP contribution is 2.38. The van der Waals surface area contributed by atoms with Crippen LogP contribution < -0.4 is 5.32 Å². The van der Waals surface area contributed by atoms with E-state index in [1.54, 1.807) is 31.3 Å². The largest absolute Gasteiger partial charge is 0.379 e. The second kappa shape index (κ2) is 8.42. The van der Waals surface area contributed by atoms with Crippen LogP contribution in [0.15, 0.2) is 68.6 Å². The van der Waals surface area contributed by atoms with Gasteiger partial charge in [-0.05, 0) is 35.4 Å². The number of sulfone groups is 2. The fourth-order valence-electron chi connectivity index (χ4n) is 2.51. The highest BCUT2D eigenvalue weighted by atomic mass is 35.5. The molecule has 0 aliphatic carbocycles. The van der Waals surface area contributed by atoms with Crippen LogP contribution in [-0.2, 0) is 19.7 Å². The molecule has 3 rings (SSSR count). The van der Waals surface area contributed by atoms with Crippen molar-refractivity contribution in [2.45, 2.75) is 14.0 Å². The Bertz CT molecular complexity index is 1200. The maximum absolute atomic E-state index is 13.1. The van der Waals surface area contributed by atoms with Gasteiger partial charge in [-0.3, -0.25) is 0 Å². The van der Waals surface area contributed by atoms with Crippen LogP contribution in [0.4, 0.5) is 5.00 Å². The molecular weight excluding hydrogens is 461 g/mol. The minimum atomic E-state index is -3.93. The molecule has 0 aliphatic heterocycles. The molecule has 0 unspecified atom stereocenters. The SMILES string of the molecule is CNc1sc(S(=O)(=O)c2cc(-c3ccccc3)cc(S(C)(=O)=O)c2)cc1Cl.Cl. The Labute approximate surface area is 179 Å². The first-order chi connectivity index (χ1) is 12.6. The van der Waals surface area contributed by atoms with Crippen LogP contribution in [0.25, 0.3) is 11.1 Å². The van der Waals surface area contributed by atoms with E-state index in [2.05, 4.69) is 5.32 Å². The van der Waals surface area contributed by atoms with Crippen LogP contribution in [0.1, 0.15) is 0 Å². The second-order valence-corrected chi connectivity index (χ2v) is 11.5. The molecule has 1 heterocycles. The number of anilines is 1. The summed E-state index contributed by atoms with van der Waals surface area (Å²) < 4.78 is 50.5. The summed E-state index contributed by atoms with van der Waals surface area (Å²) in [7, 11) is -5.89. The molecule has 0 bridgehead atoms. The summed E-state index contributed by atoms with van der Waals surface area (Å²) in [5.41, 5.74) is 1.23. The molecule has 0 aliphatic rings. The van der Waals surface area contributed by atoms with Crippen molar-refractivity contribution in [1.82, 2.24) is 0 Å². The van der Waals surface area contributed by atoms with Gasteiger partial charge in [-0.2, -0.15) is 0 Å². The molecule has 2 aromatic carbocycles. The van der Waals surface area contributed by atoms with Gasteiger partial charge in [0.25, 0.3) is 0 Å². The van der Waals surface area contributed by atoms with E-state index < -0.39 is 19.7 Å². The van der Waals surface area contributed by atoms with Gasteiger partial charge in [0.05, 0.1) is 14.8 Å². The summed E-state index contributed by atoms with van der Waals surface area (Å²) in [6.07, 6.45) is 1.05. The summed E-state index contributed by atoms with van der Waals surface area (Å²) in [6, 6.07) is 14.5. The van der Waals surface area contributed by atoms with Crippen LogP contribution >= 0.6 is 35.3 Å². The van der Waals surface area contributed by atoms with Crippen molar-refractivity contribution in [3.8, 4) is 11.1 Å². The minimum absolute atomic E-state index is 0. The maximum atomic E-state index is 13.1. The van der Waals surface area contributed by atoms with Gasteiger partial charge in [0.15, 0.2) is 9.84 Å². The molecule has 0 saturated carbocycles. The van der Waals surface area contributed by atoms with Crippen LogP contribution in [0, 0.1) is 0 Å². The summed E-state index contributed by atoms with van der Waals surface area (Å²) in [6.45, 7) is 0. The third-order valence-electron chi connectivity index (χ3n) is 3.88. The van der Waals surface area contributed by atoms with Crippen molar-refractivity contribution < 1.29 is 16.8 Å². The lowest BCUT2D eigenvalue weighted by atomic mass is 10.1. The lowest BCUT2D eigenvalue weighted by Gasteiger charge is -2.09. The molecule has 0 amide bonds. The standard InChI is InChI=1S/C18H16ClNO4S3.ClH/c1-20-18-16(19)11-17(25-18)27(23,24)15-9-13(12-6-4-3-5-7-12)8-14(10-15)26(2,21)22;/h3-11,20H,1-2H3;1H. The van der Waals surface area contributed by atoms with Crippen LogP contribution in [0.2, 0.25) is 5.02 Å². The number of hydrogen-bond donors (Lipinski definition) is 1. The number of hydrogen-bond acceptors (Lipinski definition) is 6. The van der Waals surface area contributed by atoms with Gasteiger partial charge < -0.3 is 5.32 Å². The molecule has 150 valence electrons. The molecule has 0 atom stereocenters. The van der Waals surface area contributed by atoms with Crippen LogP contribution in [0.3, 0.4) is 0 Å². The number of rotatable bonds is 5. The molecular formula is C18H17Cl2NO4S3. The molecule has 0 saturated heterocycles. The number of thiophene rings is 1. The second-order valence-electron chi connectivity index (χ2n) is 5.83. The fraction of sp³-hybridized carbons (Fsp3) is 0.111. The normalized spacial score (nSPS) is 11.7. The van der Waals surface area contributed by atoms with E-state index in [0.717, 1.165) is 23.2 Å². The number of halogens is 2. The van der Waals surface area contributed by atoms with E-state index in [-0.39, 0.29) is 26.4 Å². The summed E-state index contributed by atoms with van der Waals surface area (Å²) in [5, 5.41) is 3.66. The number of nitrogens with one attached hydrogen (secondary N) is 1. The van der Waals surface area contributed by atoms with Gasteiger partial charge in [0.1, 0.15) is 9.21 Å². The smallest absolute Gasteiger partial charge is 0.216 e. The van der Waals surface area contributed by atoms with Gasteiger partial charge in [0.2, 0.25) is 9.84 Å². The molecule has 1 aromatic heterocycles.